The summed E-state index contributed by atoms with van der Waals surface area (Å²) in [7, 11) is -4.10. The van der Waals surface area contributed by atoms with Gasteiger partial charge in [0.15, 0.2) is 0 Å². The van der Waals surface area contributed by atoms with E-state index in [1.54, 1.807) is 79.7 Å². The lowest BCUT2D eigenvalue weighted by molar-refractivity contribution is -0.133. The van der Waals surface area contributed by atoms with Crippen molar-refractivity contribution in [3.05, 3.63) is 111 Å². The molecule has 1 aliphatic heterocycles. The molecule has 0 amide bonds. The fourth-order valence-corrected chi connectivity index (χ4v) is 6.76. The molecule has 5 nitrogen and oxygen atoms in total. The molecule has 0 bridgehead atoms. The van der Waals surface area contributed by atoms with E-state index in [9.17, 15) is 18.3 Å². The lowest BCUT2D eigenvalue weighted by Crippen LogP contribution is -2.42. The minimum absolute atomic E-state index is 0.0236. The molecule has 33 heavy (non-hydrogen) atoms. The third-order valence-electron chi connectivity index (χ3n) is 5.73. The Balaban J connectivity index is 2.00. The van der Waals surface area contributed by atoms with Crippen LogP contribution < -0.4 is 0 Å². The molecule has 4 rings (SSSR count). The largest absolute Gasteiger partial charge is 0.478 e. The number of carbonyl (C=O) groups is 1. The fraction of sp³-hybridized carbons (Fsp3) is 0.160. The van der Waals surface area contributed by atoms with Gasteiger partial charge in [0.2, 0.25) is 10.0 Å². The summed E-state index contributed by atoms with van der Waals surface area (Å²) >= 11 is 9.50. The van der Waals surface area contributed by atoms with Gasteiger partial charge in [-0.2, -0.15) is 4.31 Å². The van der Waals surface area contributed by atoms with E-state index >= 15 is 0 Å². The lowest BCUT2D eigenvalue weighted by Gasteiger charge is -2.41. The zero-order valence-corrected chi connectivity index (χ0v) is 20.8. The Labute approximate surface area is 206 Å². The van der Waals surface area contributed by atoms with E-state index in [4.69, 9.17) is 11.6 Å². The topological polar surface area (TPSA) is 74.7 Å². The molecule has 2 atom stereocenters. The molecule has 0 aromatic heterocycles. The van der Waals surface area contributed by atoms with Crippen LogP contribution in [0.3, 0.4) is 0 Å². The minimum Gasteiger partial charge on any atom is -0.478 e. The van der Waals surface area contributed by atoms with E-state index in [1.165, 1.54) is 4.31 Å². The van der Waals surface area contributed by atoms with Crippen LogP contribution in [0.1, 0.15) is 35.2 Å². The van der Waals surface area contributed by atoms with Crippen LogP contribution in [0.25, 0.3) is 0 Å². The van der Waals surface area contributed by atoms with E-state index in [0.717, 1.165) is 10.0 Å². The first-order valence-electron chi connectivity index (χ1n) is 10.2. The highest BCUT2D eigenvalue weighted by Gasteiger charge is 2.44. The number of nitrogens with zero attached hydrogens (tertiary/aromatic N) is 1. The average molecular weight is 547 g/mol. The third-order valence-corrected chi connectivity index (χ3v) is 8.51. The van der Waals surface area contributed by atoms with Gasteiger partial charge < -0.3 is 5.11 Å². The number of rotatable bonds is 5. The summed E-state index contributed by atoms with van der Waals surface area (Å²) in [6.07, 6.45) is 1.84. The van der Waals surface area contributed by atoms with Gasteiger partial charge in [-0.05, 0) is 60.4 Å². The molecule has 0 saturated carbocycles. The van der Waals surface area contributed by atoms with Crippen LogP contribution in [0, 0.1) is 6.92 Å². The number of carboxylic acid groups (broad SMARTS) is 1. The van der Waals surface area contributed by atoms with E-state index in [2.05, 4.69) is 15.9 Å². The number of sulfonamides is 1. The Morgan fingerprint density at radius 2 is 1.73 bits per heavy atom. The van der Waals surface area contributed by atoms with E-state index < -0.39 is 28.1 Å². The van der Waals surface area contributed by atoms with Gasteiger partial charge in [0.25, 0.3) is 0 Å². The molecule has 2 unspecified atom stereocenters. The Hall–Kier alpha value is -2.45. The van der Waals surface area contributed by atoms with Crippen LogP contribution in [0.15, 0.2) is 93.8 Å². The van der Waals surface area contributed by atoms with Crippen molar-refractivity contribution < 1.29 is 18.3 Å². The Kier molecular flexibility index (Phi) is 6.77. The normalized spacial score (nSPS) is 19.2. The minimum atomic E-state index is -4.10. The summed E-state index contributed by atoms with van der Waals surface area (Å²) in [5.74, 6) is -1.15. The van der Waals surface area contributed by atoms with Gasteiger partial charge in [-0.25, -0.2) is 13.2 Å². The molecular formula is C25H21BrClNO4S. The first-order chi connectivity index (χ1) is 15.7. The molecule has 1 N–H and O–H groups in total. The van der Waals surface area contributed by atoms with Crippen molar-refractivity contribution in [1.82, 2.24) is 4.31 Å². The lowest BCUT2D eigenvalue weighted by atomic mass is 9.89. The summed E-state index contributed by atoms with van der Waals surface area (Å²) in [5.41, 5.74) is 1.91. The average Bonchev–Trinajstić information content (AvgIpc) is 2.78. The highest BCUT2D eigenvalue weighted by Crippen LogP contribution is 2.46. The standard InChI is InChI=1S/C25H21BrClNO4S/c1-16-5-2-3-8-23(16)33(31,32)28-22(17-9-11-20(27)12-10-17)14-13-21(25(29)30)24(28)18-6-4-7-19(26)15-18/h2-13,15,22,24H,14H2,1H3,(H,29,30). The van der Waals surface area contributed by atoms with Gasteiger partial charge in [0.1, 0.15) is 0 Å². The third kappa shape index (κ3) is 4.64. The smallest absolute Gasteiger partial charge is 0.333 e. The maximum atomic E-state index is 14.2. The maximum Gasteiger partial charge on any atom is 0.333 e. The van der Waals surface area contributed by atoms with Gasteiger partial charge in [-0.15, -0.1) is 0 Å². The van der Waals surface area contributed by atoms with E-state index in [-0.39, 0.29) is 16.9 Å². The molecule has 0 fully saturated rings. The molecule has 0 spiro atoms. The highest BCUT2D eigenvalue weighted by molar-refractivity contribution is 9.10. The molecule has 0 aliphatic carbocycles. The first kappa shape index (κ1) is 23.7. The molecule has 1 aliphatic rings. The molecule has 0 radical (unpaired) electrons. The van der Waals surface area contributed by atoms with Gasteiger partial charge in [0.05, 0.1) is 22.6 Å². The van der Waals surface area contributed by atoms with Crippen LogP contribution in [0.5, 0.6) is 0 Å². The number of aryl methyl sites for hydroxylation is 1. The van der Waals surface area contributed by atoms with Crippen molar-refractivity contribution in [3.8, 4) is 0 Å². The number of carboxylic acids is 1. The van der Waals surface area contributed by atoms with Crippen molar-refractivity contribution in [2.75, 3.05) is 0 Å². The number of hydrogen-bond acceptors (Lipinski definition) is 3. The summed E-state index contributed by atoms with van der Waals surface area (Å²) in [5, 5.41) is 10.6. The first-order valence-corrected chi connectivity index (χ1v) is 12.8. The van der Waals surface area contributed by atoms with Crippen LogP contribution in [0.2, 0.25) is 5.02 Å². The van der Waals surface area contributed by atoms with Crippen molar-refractivity contribution in [2.45, 2.75) is 30.3 Å². The second-order valence-electron chi connectivity index (χ2n) is 7.83. The van der Waals surface area contributed by atoms with Crippen molar-refractivity contribution in [2.24, 2.45) is 0 Å². The molecule has 0 saturated heterocycles. The monoisotopic (exact) mass is 545 g/mol. The summed E-state index contributed by atoms with van der Waals surface area (Å²) < 4.78 is 30.4. The highest BCUT2D eigenvalue weighted by atomic mass is 79.9. The van der Waals surface area contributed by atoms with Crippen LogP contribution in [-0.2, 0) is 14.8 Å². The molecule has 1 heterocycles. The van der Waals surface area contributed by atoms with Gasteiger partial charge >= 0.3 is 5.97 Å². The number of hydrogen-bond donors (Lipinski definition) is 1. The zero-order valence-electron chi connectivity index (χ0n) is 17.7. The maximum absolute atomic E-state index is 14.2. The predicted molar refractivity (Wildman–Crippen MR) is 132 cm³/mol. The quantitative estimate of drug-likeness (QED) is 0.408. The molecule has 3 aromatic rings. The fourth-order valence-electron chi connectivity index (χ4n) is 4.21. The Morgan fingerprint density at radius 3 is 2.36 bits per heavy atom. The summed E-state index contributed by atoms with van der Waals surface area (Å²) in [4.78, 5) is 12.4. The SMILES string of the molecule is Cc1ccccc1S(=O)(=O)N1C(c2ccc(Cl)cc2)CC=C(C(=O)O)C1c1cccc(Br)c1. The second-order valence-corrected chi connectivity index (χ2v) is 11.0. The van der Waals surface area contributed by atoms with Gasteiger partial charge in [-0.1, -0.05) is 76.1 Å². The molecule has 170 valence electrons. The summed E-state index contributed by atoms with van der Waals surface area (Å²) in [6, 6.07) is 19.2. The van der Waals surface area contributed by atoms with Gasteiger partial charge in [0, 0.05) is 9.50 Å². The van der Waals surface area contributed by atoms with Crippen LogP contribution >= 0.6 is 27.5 Å². The second kappa shape index (κ2) is 9.43. The number of halogens is 2. The van der Waals surface area contributed by atoms with Crippen LogP contribution in [0.4, 0.5) is 0 Å². The Bertz CT molecular complexity index is 1340. The van der Waals surface area contributed by atoms with E-state index in [0.29, 0.717) is 16.1 Å². The zero-order chi connectivity index (χ0) is 23.8. The number of aliphatic carboxylic acids is 1. The summed E-state index contributed by atoms with van der Waals surface area (Å²) in [6.45, 7) is 1.73. The van der Waals surface area contributed by atoms with Gasteiger partial charge in [-0.3, -0.25) is 0 Å². The molecule has 3 aromatic carbocycles. The van der Waals surface area contributed by atoms with Crippen molar-refractivity contribution in [1.29, 1.82) is 0 Å². The van der Waals surface area contributed by atoms with Crippen LogP contribution in [-0.4, -0.2) is 23.8 Å². The number of benzene rings is 3. The van der Waals surface area contributed by atoms with Crippen molar-refractivity contribution in [3.63, 3.8) is 0 Å². The van der Waals surface area contributed by atoms with E-state index in [1.807, 2.05) is 6.07 Å². The Morgan fingerprint density at radius 1 is 1.03 bits per heavy atom. The predicted octanol–water partition coefficient (Wildman–Crippen LogP) is 6.30. The van der Waals surface area contributed by atoms with Crippen molar-refractivity contribution >= 4 is 43.5 Å². The molecular weight excluding hydrogens is 526 g/mol. The molecule has 8 heteroatoms.